The number of benzene rings is 2. The standard InChI is InChI=1S/C18H15FN2O2S/c19-15-8-6-14(7-9-15)16-11-21-18(23-16)24-12-17(22)20-10-13-4-2-1-3-5-13/h1-9,11H,10,12H2,(H,20,22). The average molecular weight is 342 g/mol. The topological polar surface area (TPSA) is 55.1 Å². The Morgan fingerprint density at radius 3 is 2.62 bits per heavy atom. The van der Waals surface area contributed by atoms with Gasteiger partial charge in [0, 0.05) is 12.1 Å². The van der Waals surface area contributed by atoms with Gasteiger partial charge in [0.1, 0.15) is 5.82 Å². The first-order valence-electron chi connectivity index (χ1n) is 7.36. The summed E-state index contributed by atoms with van der Waals surface area (Å²) in [4.78, 5) is 16.0. The van der Waals surface area contributed by atoms with Crippen molar-refractivity contribution in [3.63, 3.8) is 0 Å². The minimum atomic E-state index is -0.303. The summed E-state index contributed by atoms with van der Waals surface area (Å²) in [5, 5.41) is 3.25. The first-order valence-corrected chi connectivity index (χ1v) is 8.34. The van der Waals surface area contributed by atoms with Crippen molar-refractivity contribution in [1.29, 1.82) is 0 Å². The average Bonchev–Trinajstić information content (AvgIpc) is 3.09. The van der Waals surface area contributed by atoms with E-state index in [1.807, 2.05) is 30.3 Å². The molecular formula is C18H15FN2O2S. The van der Waals surface area contributed by atoms with Crippen LogP contribution in [0.15, 0.2) is 70.4 Å². The monoisotopic (exact) mass is 342 g/mol. The lowest BCUT2D eigenvalue weighted by atomic mass is 10.2. The van der Waals surface area contributed by atoms with Gasteiger partial charge in [0.05, 0.1) is 11.9 Å². The Kier molecular flexibility index (Phi) is 5.28. The number of rotatable bonds is 6. The van der Waals surface area contributed by atoms with Gasteiger partial charge < -0.3 is 9.73 Å². The Labute approximate surface area is 143 Å². The fourth-order valence-electron chi connectivity index (χ4n) is 2.05. The van der Waals surface area contributed by atoms with Crippen LogP contribution >= 0.6 is 11.8 Å². The van der Waals surface area contributed by atoms with Gasteiger partial charge in [-0.05, 0) is 29.8 Å². The van der Waals surface area contributed by atoms with E-state index in [2.05, 4.69) is 10.3 Å². The summed E-state index contributed by atoms with van der Waals surface area (Å²) < 4.78 is 18.5. The Morgan fingerprint density at radius 2 is 1.88 bits per heavy atom. The van der Waals surface area contributed by atoms with Crippen molar-refractivity contribution in [2.24, 2.45) is 0 Å². The van der Waals surface area contributed by atoms with Gasteiger partial charge in [-0.25, -0.2) is 9.37 Å². The van der Waals surface area contributed by atoms with E-state index in [4.69, 9.17) is 4.42 Å². The fourth-order valence-corrected chi connectivity index (χ4v) is 2.68. The molecule has 0 saturated heterocycles. The number of nitrogens with one attached hydrogen (secondary N) is 1. The number of amides is 1. The Balaban J connectivity index is 1.50. The number of carbonyl (C=O) groups is 1. The number of carbonyl (C=O) groups excluding carboxylic acids is 1. The third kappa shape index (κ3) is 4.45. The van der Waals surface area contributed by atoms with Gasteiger partial charge in [0.2, 0.25) is 5.91 Å². The van der Waals surface area contributed by atoms with E-state index in [0.717, 1.165) is 11.1 Å². The number of thioether (sulfide) groups is 1. The van der Waals surface area contributed by atoms with Crippen LogP contribution in [0.4, 0.5) is 4.39 Å². The van der Waals surface area contributed by atoms with Gasteiger partial charge in [-0.15, -0.1) is 0 Å². The lowest BCUT2D eigenvalue weighted by Gasteiger charge is -2.03. The van der Waals surface area contributed by atoms with E-state index >= 15 is 0 Å². The molecule has 0 aliphatic carbocycles. The maximum Gasteiger partial charge on any atom is 0.256 e. The molecule has 0 unspecified atom stereocenters. The molecular weight excluding hydrogens is 327 g/mol. The van der Waals surface area contributed by atoms with Gasteiger partial charge in [0.25, 0.3) is 5.22 Å². The smallest absolute Gasteiger partial charge is 0.256 e. The van der Waals surface area contributed by atoms with Crippen molar-refractivity contribution in [3.8, 4) is 11.3 Å². The normalized spacial score (nSPS) is 10.5. The molecule has 0 aliphatic rings. The summed E-state index contributed by atoms with van der Waals surface area (Å²) in [6, 6.07) is 15.7. The highest BCUT2D eigenvalue weighted by atomic mass is 32.2. The third-order valence-corrected chi connectivity index (χ3v) is 4.11. The van der Waals surface area contributed by atoms with Crippen LogP contribution in [0, 0.1) is 5.82 Å². The first kappa shape index (κ1) is 16.3. The molecule has 0 radical (unpaired) electrons. The molecule has 0 bridgehead atoms. The molecule has 0 spiro atoms. The van der Waals surface area contributed by atoms with Crippen LogP contribution in [0.5, 0.6) is 0 Å². The predicted octanol–water partition coefficient (Wildman–Crippen LogP) is 3.89. The number of hydrogen-bond acceptors (Lipinski definition) is 4. The van der Waals surface area contributed by atoms with Crippen molar-refractivity contribution in [2.45, 2.75) is 11.8 Å². The Bertz CT molecular complexity index is 803. The number of aromatic nitrogens is 1. The highest BCUT2D eigenvalue weighted by Crippen LogP contribution is 2.25. The summed E-state index contributed by atoms with van der Waals surface area (Å²) in [6.45, 7) is 0.493. The summed E-state index contributed by atoms with van der Waals surface area (Å²) in [5.74, 6) is 0.367. The largest absolute Gasteiger partial charge is 0.431 e. The van der Waals surface area contributed by atoms with Crippen LogP contribution < -0.4 is 5.32 Å². The van der Waals surface area contributed by atoms with Gasteiger partial charge >= 0.3 is 0 Å². The molecule has 3 rings (SSSR count). The molecule has 0 saturated carbocycles. The molecule has 1 amide bonds. The van der Waals surface area contributed by atoms with Crippen LogP contribution in [0.2, 0.25) is 0 Å². The van der Waals surface area contributed by atoms with Gasteiger partial charge in [-0.3, -0.25) is 4.79 Å². The highest BCUT2D eigenvalue weighted by molar-refractivity contribution is 7.99. The molecule has 0 atom stereocenters. The number of hydrogen-bond donors (Lipinski definition) is 1. The van der Waals surface area contributed by atoms with Crippen LogP contribution in [0.1, 0.15) is 5.56 Å². The summed E-state index contributed by atoms with van der Waals surface area (Å²) in [5.41, 5.74) is 1.79. The van der Waals surface area contributed by atoms with Crippen LogP contribution in [-0.2, 0) is 11.3 Å². The molecule has 1 N–H and O–H groups in total. The van der Waals surface area contributed by atoms with E-state index < -0.39 is 0 Å². The SMILES string of the molecule is O=C(CSc1ncc(-c2ccc(F)cc2)o1)NCc1ccccc1. The maximum atomic E-state index is 12.9. The zero-order valence-electron chi connectivity index (χ0n) is 12.7. The second-order valence-corrected chi connectivity index (χ2v) is 5.97. The molecule has 3 aromatic rings. The molecule has 0 fully saturated rings. The number of oxazole rings is 1. The van der Waals surface area contributed by atoms with Crippen LogP contribution in [0.25, 0.3) is 11.3 Å². The van der Waals surface area contributed by atoms with E-state index in [1.165, 1.54) is 23.9 Å². The number of halogens is 1. The van der Waals surface area contributed by atoms with E-state index in [9.17, 15) is 9.18 Å². The molecule has 0 aliphatic heterocycles. The zero-order chi connectivity index (χ0) is 16.8. The highest BCUT2D eigenvalue weighted by Gasteiger charge is 2.09. The molecule has 2 aromatic carbocycles. The predicted molar refractivity (Wildman–Crippen MR) is 90.9 cm³/mol. The van der Waals surface area contributed by atoms with Crippen molar-refractivity contribution >= 4 is 17.7 Å². The lowest BCUT2D eigenvalue weighted by molar-refractivity contribution is -0.118. The quantitative estimate of drug-likeness (QED) is 0.691. The molecule has 1 aromatic heterocycles. The van der Waals surface area contributed by atoms with Gasteiger partial charge in [-0.2, -0.15) is 0 Å². The lowest BCUT2D eigenvalue weighted by Crippen LogP contribution is -2.24. The number of nitrogens with zero attached hydrogens (tertiary/aromatic N) is 1. The molecule has 24 heavy (non-hydrogen) atoms. The van der Waals surface area contributed by atoms with Crippen LogP contribution in [0.3, 0.4) is 0 Å². The fraction of sp³-hybridized carbons (Fsp3) is 0.111. The Morgan fingerprint density at radius 1 is 1.12 bits per heavy atom. The zero-order valence-corrected chi connectivity index (χ0v) is 13.6. The second kappa shape index (κ2) is 7.79. The first-order chi connectivity index (χ1) is 11.7. The van der Waals surface area contributed by atoms with E-state index in [-0.39, 0.29) is 17.5 Å². The van der Waals surface area contributed by atoms with E-state index in [1.54, 1.807) is 18.3 Å². The van der Waals surface area contributed by atoms with Crippen molar-refractivity contribution in [3.05, 3.63) is 72.2 Å². The van der Waals surface area contributed by atoms with Crippen molar-refractivity contribution in [2.75, 3.05) is 5.75 Å². The summed E-state index contributed by atoms with van der Waals surface area (Å²) in [6.07, 6.45) is 1.57. The van der Waals surface area contributed by atoms with Crippen molar-refractivity contribution in [1.82, 2.24) is 10.3 Å². The molecule has 4 nitrogen and oxygen atoms in total. The minimum Gasteiger partial charge on any atom is -0.431 e. The molecule has 1 heterocycles. The maximum absolute atomic E-state index is 12.9. The van der Waals surface area contributed by atoms with E-state index in [0.29, 0.717) is 17.5 Å². The Hall–Kier alpha value is -2.60. The second-order valence-electron chi connectivity index (χ2n) is 5.05. The summed E-state index contributed by atoms with van der Waals surface area (Å²) >= 11 is 1.22. The van der Waals surface area contributed by atoms with Crippen molar-refractivity contribution < 1.29 is 13.6 Å². The van der Waals surface area contributed by atoms with Gasteiger partial charge in [-0.1, -0.05) is 42.1 Å². The molecule has 6 heteroatoms. The van der Waals surface area contributed by atoms with Gasteiger partial charge in [0.15, 0.2) is 5.76 Å². The summed E-state index contributed by atoms with van der Waals surface area (Å²) in [7, 11) is 0. The van der Waals surface area contributed by atoms with Crippen LogP contribution in [-0.4, -0.2) is 16.6 Å². The molecule has 122 valence electrons. The minimum absolute atomic E-state index is 0.0922. The third-order valence-electron chi connectivity index (χ3n) is 3.27.